The van der Waals surface area contributed by atoms with Crippen LogP contribution in [0.15, 0.2) is 65.3 Å². The second kappa shape index (κ2) is 6.26. The standard InChI is InChI=1S/C21H15ClO3/c1-13-10-16(22)7-9-18(13)25-20(23)11-15-12-24-19-8-6-14-4-2-3-5-17(14)21(15)19/h2-10,12H,11H2,1H3. The number of furan rings is 1. The molecule has 1 aromatic heterocycles. The minimum Gasteiger partial charge on any atom is -0.464 e. The highest BCUT2D eigenvalue weighted by atomic mass is 35.5. The first kappa shape index (κ1) is 15.7. The summed E-state index contributed by atoms with van der Waals surface area (Å²) in [7, 11) is 0. The smallest absolute Gasteiger partial charge is 0.315 e. The first-order valence-electron chi connectivity index (χ1n) is 7.96. The predicted molar refractivity (Wildman–Crippen MR) is 99.2 cm³/mol. The van der Waals surface area contributed by atoms with Crippen molar-refractivity contribution >= 4 is 39.3 Å². The molecule has 3 nitrogen and oxygen atoms in total. The van der Waals surface area contributed by atoms with Gasteiger partial charge in [-0.25, -0.2) is 0 Å². The molecule has 0 aliphatic carbocycles. The van der Waals surface area contributed by atoms with E-state index in [9.17, 15) is 4.79 Å². The Hall–Kier alpha value is -2.78. The molecular formula is C21H15ClO3. The minimum atomic E-state index is -0.332. The lowest BCUT2D eigenvalue weighted by molar-refractivity contribution is -0.133. The number of fused-ring (bicyclic) bond motifs is 3. The zero-order valence-electron chi connectivity index (χ0n) is 13.6. The zero-order chi connectivity index (χ0) is 17.4. The molecule has 0 spiro atoms. The molecule has 0 aliphatic rings. The Morgan fingerprint density at radius 2 is 1.96 bits per heavy atom. The third-order valence-corrected chi connectivity index (χ3v) is 4.47. The highest BCUT2D eigenvalue weighted by Crippen LogP contribution is 2.30. The summed E-state index contributed by atoms with van der Waals surface area (Å²) in [6.45, 7) is 1.86. The normalized spacial score (nSPS) is 11.1. The number of aryl methyl sites for hydroxylation is 1. The first-order chi connectivity index (χ1) is 12.1. The monoisotopic (exact) mass is 350 g/mol. The Balaban J connectivity index is 1.66. The topological polar surface area (TPSA) is 39.4 Å². The van der Waals surface area contributed by atoms with Crippen LogP contribution in [-0.2, 0) is 11.2 Å². The van der Waals surface area contributed by atoms with Gasteiger partial charge in [-0.2, -0.15) is 0 Å². The molecule has 25 heavy (non-hydrogen) atoms. The average Bonchev–Trinajstić information content (AvgIpc) is 3.01. The van der Waals surface area contributed by atoms with Gasteiger partial charge in [0.05, 0.1) is 12.7 Å². The van der Waals surface area contributed by atoms with E-state index in [1.54, 1.807) is 24.5 Å². The molecule has 124 valence electrons. The van der Waals surface area contributed by atoms with Crippen molar-refractivity contribution in [2.24, 2.45) is 0 Å². The van der Waals surface area contributed by atoms with Crippen molar-refractivity contribution in [1.29, 1.82) is 0 Å². The lowest BCUT2D eigenvalue weighted by atomic mass is 10.0. The van der Waals surface area contributed by atoms with Crippen molar-refractivity contribution in [1.82, 2.24) is 0 Å². The summed E-state index contributed by atoms with van der Waals surface area (Å²) in [6, 6.07) is 17.2. The Morgan fingerprint density at radius 1 is 1.12 bits per heavy atom. The van der Waals surface area contributed by atoms with Crippen molar-refractivity contribution < 1.29 is 13.9 Å². The first-order valence-corrected chi connectivity index (χ1v) is 8.34. The molecule has 0 saturated carbocycles. The maximum Gasteiger partial charge on any atom is 0.315 e. The van der Waals surface area contributed by atoms with Crippen molar-refractivity contribution in [2.45, 2.75) is 13.3 Å². The molecule has 0 aliphatic heterocycles. The lowest BCUT2D eigenvalue weighted by Gasteiger charge is -2.07. The van der Waals surface area contributed by atoms with E-state index in [1.165, 1.54) is 0 Å². The number of rotatable bonds is 3. The van der Waals surface area contributed by atoms with E-state index >= 15 is 0 Å². The summed E-state index contributed by atoms with van der Waals surface area (Å²) in [5.74, 6) is 0.188. The number of carbonyl (C=O) groups is 1. The Morgan fingerprint density at radius 3 is 2.80 bits per heavy atom. The van der Waals surface area contributed by atoms with Crippen LogP contribution in [0, 0.1) is 6.92 Å². The third-order valence-electron chi connectivity index (χ3n) is 4.24. The predicted octanol–water partition coefficient (Wildman–Crippen LogP) is 5.70. The van der Waals surface area contributed by atoms with Gasteiger partial charge in [0, 0.05) is 16.0 Å². The number of hydrogen-bond donors (Lipinski definition) is 0. The fraction of sp³-hybridized carbons (Fsp3) is 0.0952. The third kappa shape index (κ3) is 2.99. The van der Waals surface area contributed by atoms with E-state index in [0.29, 0.717) is 10.8 Å². The Labute approximate surface area is 149 Å². The van der Waals surface area contributed by atoms with Gasteiger partial charge in [0.15, 0.2) is 0 Å². The van der Waals surface area contributed by atoms with Crippen molar-refractivity contribution in [3.8, 4) is 5.75 Å². The quantitative estimate of drug-likeness (QED) is 0.351. The van der Waals surface area contributed by atoms with Gasteiger partial charge in [0.2, 0.25) is 0 Å². The van der Waals surface area contributed by atoms with E-state index in [0.717, 1.165) is 32.9 Å². The number of hydrogen-bond acceptors (Lipinski definition) is 3. The largest absolute Gasteiger partial charge is 0.464 e. The molecule has 0 bridgehead atoms. The number of benzene rings is 3. The van der Waals surface area contributed by atoms with E-state index in [1.807, 2.05) is 43.3 Å². The Kier molecular flexibility index (Phi) is 3.94. The highest BCUT2D eigenvalue weighted by Gasteiger charge is 2.15. The number of carbonyl (C=O) groups excluding carboxylic acids is 1. The van der Waals surface area contributed by atoms with Crippen LogP contribution in [0.1, 0.15) is 11.1 Å². The molecule has 0 N–H and O–H groups in total. The molecule has 0 unspecified atom stereocenters. The second-order valence-corrected chi connectivity index (χ2v) is 6.42. The van der Waals surface area contributed by atoms with Crippen LogP contribution in [0.3, 0.4) is 0 Å². The molecule has 4 aromatic rings. The maximum absolute atomic E-state index is 12.4. The van der Waals surface area contributed by atoms with Crippen LogP contribution in [0.25, 0.3) is 21.7 Å². The fourth-order valence-corrected chi connectivity index (χ4v) is 3.27. The van der Waals surface area contributed by atoms with Gasteiger partial charge in [0.1, 0.15) is 11.3 Å². The van der Waals surface area contributed by atoms with E-state index in [2.05, 4.69) is 0 Å². The summed E-state index contributed by atoms with van der Waals surface area (Å²) in [5.41, 5.74) is 2.41. The molecule has 0 saturated heterocycles. The van der Waals surface area contributed by atoms with Gasteiger partial charge in [0.25, 0.3) is 0 Å². The lowest BCUT2D eigenvalue weighted by Crippen LogP contribution is -2.11. The maximum atomic E-state index is 12.4. The molecule has 4 heteroatoms. The summed E-state index contributed by atoms with van der Waals surface area (Å²) in [5, 5.41) is 3.76. The average molecular weight is 351 g/mol. The van der Waals surface area contributed by atoms with Crippen LogP contribution in [0.5, 0.6) is 5.75 Å². The summed E-state index contributed by atoms with van der Waals surface area (Å²) < 4.78 is 11.1. The van der Waals surface area contributed by atoms with Crippen molar-refractivity contribution in [2.75, 3.05) is 0 Å². The van der Waals surface area contributed by atoms with Crippen LogP contribution in [0.2, 0.25) is 5.02 Å². The summed E-state index contributed by atoms with van der Waals surface area (Å²) in [4.78, 5) is 12.4. The summed E-state index contributed by atoms with van der Waals surface area (Å²) >= 11 is 5.94. The van der Waals surface area contributed by atoms with Crippen molar-refractivity contribution in [3.05, 3.63) is 77.0 Å². The van der Waals surface area contributed by atoms with Gasteiger partial charge in [-0.3, -0.25) is 4.79 Å². The van der Waals surface area contributed by atoms with Gasteiger partial charge >= 0.3 is 5.97 Å². The highest BCUT2D eigenvalue weighted by molar-refractivity contribution is 6.30. The molecule has 4 rings (SSSR count). The molecule has 0 fully saturated rings. The number of esters is 1. The van der Waals surface area contributed by atoms with E-state index in [4.69, 9.17) is 20.8 Å². The van der Waals surface area contributed by atoms with Crippen LogP contribution < -0.4 is 4.74 Å². The second-order valence-electron chi connectivity index (χ2n) is 5.98. The number of ether oxygens (including phenoxy) is 1. The zero-order valence-corrected chi connectivity index (χ0v) is 14.3. The molecule has 3 aromatic carbocycles. The van der Waals surface area contributed by atoms with Crippen LogP contribution in [-0.4, -0.2) is 5.97 Å². The number of halogens is 1. The SMILES string of the molecule is Cc1cc(Cl)ccc1OC(=O)Cc1coc2ccc3ccccc3c12. The van der Waals surface area contributed by atoms with Crippen molar-refractivity contribution in [3.63, 3.8) is 0 Å². The van der Waals surface area contributed by atoms with E-state index < -0.39 is 0 Å². The fourth-order valence-electron chi connectivity index (χ4n) is 3.05. The summed E-state index contributed by atoms with van der Waals surface area (Å²) in [6.07, 6.45) is 1.77. The molecule has 0 atom stereocenters. The van der Waals surface area contributed by atoms with Gasteiger partial charge in [-0.05, 0) is 47.5 Å². The molecule has 0 radical (unpaired) electrons. The van der Waals surface area contributed by atoms with Crippen LogP contribution >= 0.6 is 11.6 Å². The molecular weight excluding hydrogens is 336 g/mol. The van der Waals surface area contributed by atoms with Gasteiger partial charge in [-0.15, -0.1) is 0 Å². The van der Waals surface area contributed by atoms with Gasteiger partial charge < -0.3 is 9.15 Å². The molecule has 0 amide bonds. The Bertz CT molecular complexity index is 1090. The van der Waals surface area contributed by atoms with Crippen LogP contribution in [0.4, 0.5) is 0 Å². The molecule has 1 heterocycles. The minimum absolute atomic E-state index is 0.142. The van der Waals surface area contributed by atoms with E-state index in [-0.39, 0.29) is 12.4 Å². The van der Waals surface area contributed by atoms with Gasteiger partial charge in [-0.1, -0.05) is 41.9 Å².